The lowest BCUT2D eigenvalue weighted by atomic mass is 10.2. The Balaban J connectivity index is 1.49. The molecule has 2 aromatic heterocycles. The maximum atomic E-state index is 13.4. The van der Waals surface area contributed by atoms with Gasteiger partial charge in [-0.1, -0.05) is 30.0 Å². The fraction of sp³-hybridized carbons (Fsp3) is 0.0526. The Morgan fingerprint density at radius 2 is 2.00 bits per heavy atom. The normalized spacial score (nSPS) is 10.8. The first-order valence-electron chi connectivity index (χ1n) is 8.63. The Bertz CT molecular complexity index is 1250. The number of nitrogens with zero attached hydrogens (tertiary/aromatic N) is 5. The number of carbonyl (C=O) groups excluding carboxylic acids is 1. The van der Waals surface area contributed by atoms with Crippen molar-refractivity contribution >= 4 is 40.1 Å². The summed E-state index contributed by atoms with van der Waals surface area (Å²) in [5.41, 5.74) is 0.885. The van der Waals surface area contributed by atoms with Crippen LogP contribution in [0, 0.1) is 15.9 Å². The van der Waals surface area contributed by atoms with E-state index in [4.69, 9.17) is 0 Å². The Labute approximate surface area is 173 Å². The van der Waals surface area contributed by atoms with Gasteiger partial charge in [0.25, 0.3) is 0 Å². The third kappa shape index (κ3) is 3.96. The second-order valence-corrected chi connectivity index (χ2v) is 7.03. The fourth-order valence-electron chi connectivity index (χ4n) is 2.76. The average Bonchev–Trinajstić information content (AvgIpc) is 3.19. The van der Waals surface area contributed by atoms with Gasteiger partial charge in [-0.2, -0.15) is 9.49 Å². The van der Waals surface area contributed by atoms with Crippen LogP contribution < -0.4 is 5.32 Å². The number of nitrogens with one attached hydrogen (secondary N) is 1. The zero-order valence-electron chi connectivity index (χ0n) is 15.2. The van der Waals surface area contributed by atoms with Gasteiger partial charge in [0, 0.05) is 11.8 Å². The molecule has 0 saturated carbocycles. The van der Waals surface area contributed by atoms with E-state index in [2.05, 4.69) is 20.4 Å². The summed E-state index contributed by atoms with van der Waals surface area (Å²) in [5.74, 6) is -1.39. The number of aromatic nitrogens is 4. The number of nitro groups is 1. The number of rotatable bonds is 6. The summed E-state index contributed by atoms with van der Waals surface area (Å²) in [6.45, 7) is 0. The quantitative estimate of drug-likeness (QED) is 0.218. The molecule has 2 heterocycles. The summed E-state index contributed by atoms with van der Waals surface area (Å²) < 4.78 is 15.1. The van der Waals surface area contributed by atoms with Crippen molar-refractivity contribution in [1.29, 1.82) is 0 Å². The van der Waals surface area contributed by atoms with Crippen LogP contribution >= 0.6 is 11.8 Å². The molecule has 1 amide bonds. The third-order valence-electron chi connectivity index (χ3n) is 4.10. The first-order valence-corrected chi connectivity index (χ1v) is 9.62. The number of thioether (sulfide) groups is 1. The maximum absolute atomic E-state index is 13.4. The monoisotopic (exact) mass is 424 g/mol. The number of hydrogen-bond donors (Lipinski definition) is 1. The summed E-state index contributed by atoms with van der Waals surface area (Å²) in [7, 11) is 0. The van der Waals surface area contributed by atoms with Crippen molar-refractivity contribution in [3.63, 3.8) is 0 Å². The molecule has 30 heavy (non-hydrogen) atoms. The maximum Gasteiger partial charge on any atom is 0.306 e. The molecule has 2 aromatic carbocycles. The predicted octanol–water partition coefficient (Wildman–Crippen LogP) is 3.59. The molecule has 0 bridgehead atoms. The van der Waals surface area contributed by atoms with Crippen LogP contribution in [0.5, 0.6) is 0 Å². The van der Waals surface area contributed by atoms with Gasteiger partial charge in [-0.15, -0.1) is 0 Å². The van der Waals surface area contributed by atoms with E-state index in [-0.39, 0.29) is 11.4 Å². The van der Waals surface area contributed by atoms with Gasteiger partial charge in [-0.3, -0.25) is 14.9 Å². The predicted molar refractivity (Wildman–Crippen MR) is 109 cm³/mol. The van der Waals surface area contributed by atoms with E-state index in [0.717, 1.165) is 17.8 Å². The first-order chi connectivity index (χ1) is 14.5. The zero-order chi connectivity index (χ0) is 21.1. The molecule has 0 saturated heterocycles. The second kappa shape index (κ2) is 8.25. The minimum Gasteiger partial charge on any atom is -0.325 e. The Morgan fingerprint density at radius 1 is 1.20 bits per heavy atom. The highest BCUT2D eigenvalue weighted by Gasteiger charge is 2.16. The van der Waals surface area contributed by atoms with E-state index >= 15 is 0 Å². The lowest BCUT2D eigenvalue weighted by molar-refractivity contribution is -0.387. The molecule has 4 rings (SSSR count). The summed E-state index contributed by atoms with van der Waals surface area (Å²) in [6, 6.07) is 12.7. The van der Waals surface area contributed by atoms with Crippen molar-refractivity contribution in [1.82, 2.24) is 19.7 Å². The zero-order valence-corrected chi connectivity index (χ0v) is 16.0. The molecule has 0 fully saturated rings. The van der Waals surface area contributed by atoms with Crippen LogP contribution in [0.3, 0.4) is 0 Å². The van der Waals surface area contributed by atoms with Crippen LogP contribution in [-0.2, 0) is 4.79 Å². The second-order valence-electron chi connectivity index (χ2n) is 6.07. The molecule has 4 aromatic rings. The molecule has 0 atom stereocenters. The van der Waals surface area contributed by atoms with E-state index in [9.17, 15) is 19.3 Å². The Kier molecular flexibility index (Phi) is 5.35. The van der Waals surface area contributed by atoms with Gasteiger partial charge in [0.05, 0.1) is 27.9 Å². The van der Waals surface area contributed by atoms with Gasteiger partial charge in [-0.25, -0.2) is 14.6 Å². The SMILES string of the molecule is O=C(CSc1ncnc2c1cnn2-c1ccccc1)Nc1ccc(F)c([N+](=O)[O-])c1. The van der Waals surface area contributed by atoms with E-state index in [1.54, 1.807) is 10.9 Å². The largest absolute Gasteiger partial charge is 0.325 e. The summed E-state index contributed by atoms with van der Waals surface area (Å²) >= 11 is 1.18. The number of amides is 1. The number of nitro benzene ring substituents is 1. The summed E-state index contributed by atoms with van der Waals surface area (Å²) in [4.78, 5) is 30.7. The number of carbonyl (C=O) groups is 1. The summed E-state index contributed by atoms with van der Waals surface area (Å²) in [6.07, 6.45) is 3.03. The molecule has 11 heteroatoms. The molecule has 0 spiro atoms. The van der Waals surface area contributed by atoms with Gasteiger partial charge in [0.2, 0.25) is 11.7 Å². The standard InChI is InChI=1S/C19H13FN6O3S/c20-15-7-6-12(8-16(15)26(28)29)24-17(27)10-30-19-14-9-23-25(18(14)21-11-22-19)13-4-2-1-3-5-13/h1-9,11H,10H2,(H,24,27). The minimum absolute atomic E-state index is 0.00615. The van der Waals surface area contributed by atoms with Crippen molar-refractivity contribution in [3.05, 3.63) is 77.0 Å². The fourth-order valence-corrected chi connectivity index (χ4v) is 3.52. The highest BCUT2D eigenvalue weighted by Crippen LogP contribution is 2.26. The van der Waals surface area contributed by atoms with Crippen molar-refractivity contribution in [2.45, 2.75) is 5.03 Å². The molecular weight excluding hydrogens is 411 g/mol. The van der Waals surface area contributed by atoms with Gasteiger partial charge in [0.15, 0.2) is 5.65 Å². The smallest absolute Gasteiger partial charge is 0.306 e. The topological polar surface area (TPSA) is 116 Å². The minimum atomic E-state index is -0.967. The molecule has 0 aliphatic rings. The first kappa shape index (κ1) is 19.5. The third-order valence-corrected chi connectivity index (χ3v) is 5.10. The van der Waals surface area contributed by atoms with Gasteiger partial charge in [0.1, 0.15) is 11.4 Å². The Hall–Kier alpha value is -3.86. The molecular formula is C19H13FN6O3S. The Morgan fingerprint density at radius 3 is 2.77 bits per heavy atom. The van der Waals surface area contributed by atoms with Crippen LogP contribution in [0.25, 0.3) is 16.7 Å². The van der Waals surface area contributed by atoms with E-state index in [0.29, 0.717) is 16.1 Å². The number of anilines is 1. The van der Waals surface area contributed by atoms with Crippen molar-refractivity contribution in [2.75, 3.05) is 11.1 Å². The lowest BCUT2D eigenvalue weighted by Crippen LogP contribution is -2.14. The molecule has 150 valence electrons. The highest BCUT2D eigenvalue weighted by molar-refractivity contribution is 8.00. The van der Waals surface area contributed by atoms with Gasteiger partial charge >= 0.3 is 5.69 Å². The molecule has 0 aliphatic heterocycles. The number of fused-ring (bicyclic) bond motifs is 1. The number of halogens is 1. The van der Waals surface area contributed by atoms with Crippen LogP contribution in [-0.4, -0.2) is 36.3 Å². The van der Waals surface area contributed by atoms with E-state index in [1.165, 1.54) is 24.2 Å². The van der Waals surface area contributed by atoms with Gasteiger partial charge in [-0.05, 0) is 24.3 Å². The van der Waals surface area contributed by atoms with Crippen molar-refractivity contribution in [3.8, 4) is 5.69 Å². The number of hydrogen-bond acceptors (Lipinski definition) is 7. The average molecular weight is 424 g/mol. The van der Waals surface area contributed by atoms with Crippen LogP contribution in [0.1, 0.15) is 0 Å². The number of para-hydroxylation sites is 1. The molecule has 0 radical (unpaired) electrons. The lowest BCUT2D eigenvalue weighted by Gasteiger charge is -2.06. The van der Waals surface area contributed by atoms with Gasteiger partial charge < -0.3 is 5.32 Å². The van der Waals surface area contributed by atoms with E-state index in [1.807, 2.05) is 30.3 Å². The molecule has 1 N–H and O–H groups in total. The van der Waals surface area contributed by atoms with E-state index < -0.39 is 22.3 Å². The van der Waals surface area contributed by atoms with Crippen LogP contribution in [0.2, 0.25) is 0 Å². The van der Waals surface area contributed by atoms with Crippen molar-refractivity contribution < 1.29 is 14.1 Å². The van der Waals surface area contributed by atoms with Crippen molar-refractivity contribution in [2.24, 2.45) is 0 Å². The highest BCUT2D eigenvalue weighted by atomic mass is 32.2. The molecule has 9 nitrogen and oxygen atoms in total. The van der Waals surface area contributed by atoms with Crippen LogP contribution in [0.4, 0.5) is 15.8 Å². The van der Waals surface area contributed by atoms with Crippen LogP contribution in [0.15, 0.2) is 66.1 Å². The number of benzene rings is 2. The summed E-state index contributed by atoms with van der Waals surface area (Å²) in [5, 5.41) is 19.0. The molecule has 0 aliphatic carbocycles. The molecule has 0 unspecified atom stereocenters.